The quantitative estimate of drug-likeness (QED) is 0.413. The van der Waals surface area contributed by atoms with Gasteiger partial charge in [-0.1, -0.05) is 12.1 Å². The second-order valence-electron chi connectivity index (χ2n) is 5.32. The number of aliphatic imine (C=N–C) groups is 1. The lowest BCUT2D eigenvalue weighted by atomic mass is 10.2. The molecule has 0 aliphatic carbocycles. The molecule has 0 aliphatic rings. The lowest BCUT2D eigenvalue weighted by Crippen LogP contribution is -2.37. The van der Waals surface area contributed by atoms with Crippen molar-refractivity contribution in [3.63, 3.8) is 0 Å². The average molecular weight is 351 g/mol. The van der Waals surface area contributed by atoms with Gasteiger partial charge in [0.25, 0.3) is 6.43 Å². The summed E-state index contributed by atoms with van der Waals surface area (Å²) in [6.07, 6.45) is 2.12. The molecule has 0 spiro atoms. The predicted molar refractivity (Wildman–Crippen MR) is 93.0 cm³/mol. The monoisotopic (exact) mass is 351 g/mol. The standard InChI is InChI=1S/C17H23F2N5O/c1-20-17(21-7-3-9-24-10-4-8-23-24)22-12-14-5-2-6-15(11-14)25-13-16(18)19/h2,4-6,8,10-11,16H,3,7,9,12-13H2,1H3,(H2,20,21,22). The van der Waals surface area contributed by atoms with Crippen molar-refractivity contribution in [1.82, 2.24) is 20.4 Å². The van der Waals surface area contributed by atoms with Crippen LogP contribution in [0.1, 0.15) is 12.0 Å². The second kappa shape index (κ2) is 10.3. The molecule has 25 heavy (non-hydrogen) atoms. The number of nitrogens with zero attached hydrogens (tertiary/aromatic N) is 3. The third-order valence-electron chi connectivity index (χ3n) is 3.37. The van der Waals surface area contributed by atoms with Crippen LogP contribution in [-0.2, 0) is 13.1 Å². The molecule has 2 rings (SSSR count). The molecule has 0 aliphatic heterocycles. The van der Waals surface area contributed by atoms with E-state index >= 15 is 0 Å². The Morgan fingerprint density at radius 1 is 1.32 bits per heavy atom. The molecular weight excluding hydrogens is 328 g/mol. The van der Waals surface area contributed by atoms with E-state index in [1.165, 1.54) is 0 Å². The van der Waals surface area contributed by atoms with Crippen molar-refractivity contribution in [2.24, 2.45) is 4.99 Å². The summed E-state index contributed by atoms with van der Waals surface area (Å²) in [7, 11) is 1.70. The molecule has 6 nitrogen and oxygen atoms in total. The van der Waals surface area contributed by atoms with Crippen molar-refractivity contribution in [1.29, 1.82) is 0 Å². The fourth-order valence-electron chi connectivity index (χ4n) is 2.19. The first-order chi connectivity index (χ1) is 12.2. The number of nitrogens with one attached hydrogen (secondary N) is 2. The average Bonchev–Trinajstić information content (AvgIpc) is 3.13. The van der Waals surface area contributed by atoms with Gasteiger partial charge in [0.05, 0.1) is 0 Å². The number of alkyl halides is 2. The molecule has 0 radical (unpaired) electrons. The van der Waals surface area contributed by atoms with Gasteiger partial charge in [0.1, 0.15) is 12.4 Å². The number of aromatic nitrogens is 2. The van der Waals surface area contributed by atoms with Crippen molar-refractivity contribution in [2.75, 3.05) is 20.2 Å². The molecule has 0 unspecified atom stereocenters. The second-order valence-corrected chi connectivity index (χ2v) is 5.32. The molecule has 0 bridgehead atoms. The summed E-state index contributed by atoms with van der Waals surface area (Å²) in [5.74, 6) is 1.11. The minimum absolute atomic E-state index is 0.432. The maximum Gasteiger partial charge on any atom is 0.272 e. The summed E-state index contributed by atoms with van der Waals surface area (Å²) >= 11 is 0. The van der Waals surface area contributed by atoms with Crippen molar-refractivity contribution in [3.05, 3.63) is 48.3 Å². The van der Waals surface area contributed by atoms with Gasteiger partial charge in [0.15, 0.2) is 5.96 Å². The zero-order valence-electron chi connectivity index (χ0n) is 14.2. The van der Waals surface area contributed by atoms with Crippen LogP contribution in [0, 0.1) is 0 Å². The molecule has 0 saturated carbocycles. The van der Waals surface area contributed by atoms with Gasteiger partial charge in [-0.05, 0) is 30.2 Å². The van der Waals surface area contributed by atoms with Crippen molar-refractivity contribution < 1.29 is 13.5 Å². The Kier molecular flexibility index (Phi) is 7.68. The highest BCUT2D eigenvalue weighted by Gasteiger charge is 2.04. The minimum atomic E-state index is -2.48. The number of halogens is 2. The summed E-state index contributed by atoms with van der Waals surface area (Å²) in [5, 5.41) is 10.6. The van der Waals surface area contributed by atoms with Crippen LogP contribution in [0.2, 0.25) is 0 Å². The zero-order chi connectivity index (χ0) is 17.9. The Balaban J connectivity index is 1.71. The van der Waals surface area contributed by atoms with Gasteiger partial charge in [-0.15, -0.1) is 0 Å². The minimum Gasteiger partial charge on any atom is -0.488 e. The number of guanidine groups is 1. The van der Waals surface area contributed by atoms with Gasteiger partial charge < -0.3 is 15.4 Å². The summed E-state index contributed by atoms with van der Waals surface area (Å²) in [5.41, 5.74) is 0.922. The van der Waals surface area contributed by atoms with E-state index in [1.54, 1.807) is 31.4 Å². The Morgan fingerprint density at radius 2 is 2.20 bits per heavy atom. The Bertz CT molecular complexity index is 646. The largest absolute Gasteiger partial charge is 0.488 e. The molecule has 8 heteroatoms. The number of hydrogen-bond donors (Lipinski definition) is 2. The van der Waals surface area contributed by atoms with E-state index in [2.05, 4.69) is 20.7 Å². The first-order valence-electron chi connectivity index (χ1n) is 8.09. The molecular formula is C17H23F2N5O. The topological polar surface area (TPSA) is 63.5 Å². The molecule has 0 atom stereocenters. The number of hydrogen-bond acceptors (Lipinski definition) is 3. The van der Waals surface area contributed by atoms with Gasteiger partial charge in [0, 0.05) is 39.1 Å². The van der Waals surface area contributed by atoms with Gasteiger partial charge >= 0.3 is 0 Å². The van der Waals surface area contributed by atoms with E-state index in [0.29, 0.717) is 18.3 Å². The van der Waals surface area contributed by atoms with E-state index in [4.69, 9.17) is 4.74 Å². The van der Waals surface area contributed by atoms with Crippen LogP contribution < -0.4 is 15.4 Å². The summed E-state index contributed by atoms with van der Waals surface area (Å²) < 4.78 is 31.3. The van der Waals surface area contributed by atoms with Crippen LogP contribution in [0.4, 0.5) is 8.78 Å². The van der Waals surface area contributed by atoms with Crippen molar-refractivity contribution in [3.8, 4) is 5.75 Å². The third-order valence-corrected chi connectivity index (χ3v) is 3.37. The molecule has 1 heterocycles. The first-order valence-corrected chi connectivity index (χ1v) is 8.09. The maximum absolute atomic E-state index is 12.2. The molecule has 136 valence electrons. The summed E-state index contributed by atoms with van der Waals surface area (Å²) in [6, 6.07) is 8.97. The lowest BCUT2D eigenvalue weighted by molar-refractivity contribution is 0.0818. The van der Waals surface area contributed by atoms with E-state index in [1.807, 2.05) is 23.0 Å². The maximum atomic E-state index is 12.2. The summed E-state index contributed by atoms with van der Waals surface area (Å²) in [4.78, 5) is 4.16. The van der Waals surface area contributed by atoms with Gasteiger partial charge in [-0.3, -0.25) is 9.67 Å². The highest BCUT2D eigenvalue weighted by Crippen LogP contribution is 2.14. The number of ether oxygens (including phenoxy) is 1. The van der Waals surface area contributed by atoms with Crippen molar-refractivity contribution >= 4 is 5.96 Å². The number of benzene rings is 1. The molecule has 0 amide bonds. The Hall–Kier alpha value is -2.64. The fourth-order valence-corrected chi connectivity index (χ4v) is 2.19. The van der Waals surface area contributed by atoms with Crippen LogP contribution in [-0.4, -0.2) is 42.4 Å². The predicted octanol–water partition coefficient (Wildman–Crippen LogP) is 2.28. The van der Waals surface area contributed by atoms with Gasteiger partial charge in [0.2, 0.25) is 0 Å². The molecule has 1 aromatic carbocycles. The molecule has 2 N–H and O–H groups in total. The van der Waals surface area contributed by atoms with E-state index in [0.717, 1.165) is 25.1 Å². The normalized spacial score (nSPS) is 11.6. The Labute approximate surface area is 145 Å². The van der Waals surface area contributed by atoms with Gasteiger partial charge in [-0.25, -0.2) is 8.78 Å². The van der Waals surface area contributed by atoms with Crippen LogP contribution >= 0.6 is 0 Å². The molecule has 0 saturated heterocycles. The smallest absolute Gasteiger partial charge is 0.272 e. The highest BCUT2D eigenvalue weighted by molar-refractivity contribution is 5.79. The zero-order valence-corrected chi connectivity index (χ0v) is 14.2. The van der Waals surface area contributed by atoms with Crippen LogP contribution in [0.3, 0.4) is 0 Å². The molecule has 0 fully saturated rings. The van der Waals surface area contributed by atoms with E-state index in [9.17, 15) is 8.78 Å². The lowest BCUT2D eigenvalue weighted by Gasteiger charge is -2.13. The van der Waals surface area contributed by atoms with Crippen LogP contribution in [0.25, 0.3) is 0 Å². The SMILES string of the molecule is CN=C(NCCCn1cccn1)NCc1cccc(OCC(F)F)c1. The van der Waals surface area contributed by atoms with Crippen LogP contribution in [0.5, 0.6) is 5.75 Å². The number of aryl methyl sites for hydroxylation is 1. The summed E-state index contributed by atoms with van der Waals surface area (Å²) in [6.45, 7) is 1.51. The highest BCUT2D eigenvalue weighted by atomic mass is 19.3. The fraction of sp³-hybridized carbons (Fsp3) is 0.412. The van der Waals surface area contributed by atoms with Crippen molar-refractivity contribution in [2.45, 2.75) is 25.9 Å². The first kappa shape index (κ1) is 18.7. The van der Waals surface area contributed by atoms with Gasteiger partial charge in [-0.2, -0.15) is 5.10 Å². The molecule has 2 aromatic rings. The third kappa shape index (κ3) is 7.19. The van der Waals surface area contributed by atoms with Crippen LogP contribution in [0.15, 0.2) is 47.7 Å². The Morgan fingerprint density at radius 3 is 2.92 bits per heavy atom. The number of rotatable bonds is 9. The molecule has 1 aromatic heterocycles. The van der Waals surface area contributed by atoms with E-state index < -0.39 is 13.0 Å². The van der Waals surface area contributed by atoms with E-state index in [-0.39, 0.29) is 0 Å².